The van der Waals surface area contributed by atoms with E-state index in [2.05, 4.69) is 46.9 Å². The molecule has 0 rings (SSSR count). The summed E-state index contributed by atoms with van der Waals surface area (Å²) in [6.07, 6.45) is 0.628. The molecule has 15 heavy (non-hydrogen) atoms. The van der Waals surface area contributed by atoms with Crippen LogP contribution in [0.5, 0.6) is 0 Å². The summed E-state index contributed by atoms with van der Waals surface area (Å²) in [5, 5.41) is 12.9. The fourth-order valence-corrected chi connectivity index (χ4v) is 1.61. The zero-order chi connectivity index (χ0) is 12.3. The molecule has 0 saturated heterocycles. The van der Waals surface area contributed by atoms with Crippen molar-refractivity contribution in [3.05, 3.63) is 0 Å². The van der Waals surface area contributed by atoms with E-state index in [1.54, 1.807) is 0 Å². The molecule has 0 aromatic carbocycles. The lowest BCUT2D eigenvalue weighted by molar-refractivity contribution is 0.122. The van der Waals surface area contributed by atoms with Gasteiger partial charge in [0.1, 0.15) is 0 Å². The SMILES string of the molecule is CC(O)CC(C)(C)CNC(C)C(C)(C)C. The number of rotatable bonds is 5. The summed E-state index contributed by atoms with van der Waals surface area (Å²) < 4.78 is 0. The van der Waals surface area contributed by atoms with E-state index in [9.17, 15) is 5.11 Å². The van der Waals surface area contributed by atoms with Gasteiger partial charge in [0.05, 0.1) is 6.10 Å². The molecule has 0 aliphatic rings. The quantitative estimate of drug-likeness (QED) is 0.739. The molecule has 0 aliphatic carbocycles. The van der Waals surface area contributed by atoms with Crippen LogP contribution in [-0.2, 0) is 0 Å². The minimum Gasteiger partial charge on any atom is -0.393 e. The van der Waals surface area contributed by atoms with Crippen LogP contribution < -0.4 is 5.32 Å². The highest BCUT2D eigenvalue weighted by molar-refractivity contribution is 4.80. The van der Waals surface area contributed by atoms with E-state index in [-0.39, 0.29) is 11.5 Å². The van der Waals surface area contributed by atoms with Gasteiger partial charge >= 0.3 is 0 Å². The highest BCUT2D eigenvalue weighted by Crippen LogP contribution is 2.24. The average Bonchev–Trinajstić information content (AvgIpc) is 1.95. The van der Waals surface area contributed by atoms with Gasteiger partial charge in [-0.15, -0.1) is 0 Å². The van der Waals surface area contributed by atoms with Gasteiger partial charge in [0.2, 0.25) is 0 Å². The van der Waals surface area contributed by atoms with Gasteiger partial charge in [-0.05, 0) is 31.1 Å². The molecule has 0 fully saturated rings. The molecular weight excluding hydrogens is 186 g/mol. The Bertz CT molecular complexity index is 179. The van der Waals surface area contributed by atoms with E-state index < -0.39 is 0 Å². The molecule has 0 amide bonds. The molecule has 2 unspecified atom stereocenters. The largest absolute Gasteiger partial charge is 0.393 e. The van der Waals surface area contributed by atoms with E-state index >= 15 is 0 Å². The number of hydrogen-bond donors (Lipinski definition) is 2. The van der Waals surface area contributed by atoms with E-state index in [1.807, 2.05) is 6.92 Å². The van der Waals surface area contributed by atoms with Crippen molar-refractivity contribution in [1.29, 1.82) is 0 Å². The minimum atomic E-state index is -0.216. The van der Waals surface area contributed by atoms with Gasteiger partial charge in [0.25, 0.3) is 0 Å². The Kier molecular flexibility index (Phi) is 5.28. The highest BCUT2D eigenvalue weighted by atomic mass is 16.3. The molecule has 2 atom stereocenters. The van der Waals surface area contributed by atoms with Crippen LogP contribution in [0.3, 0.4) is 0 Å². The fraction of sp³-hybridized carbons (Fsp3) is 1.00. The smallest absolute Gasteiger partial charge is 0.0517 e. The Morgan fingerprint density at radius 3 is 1.87 bits per heavy atom. The van der Waals surface area contributed by atoms with Crippen LogP contribution in [0.25, 0.3) is 0 Å². The second kappa shape index (κ2) is 5.31. The molecule has 0 spiro atoms. The third-order valence-corrected chi connectivity index (χ3v) is 3.03. The second-order valence-corrected chi connectivity index (χ2v) is 6.69. The van der Waals surface area contributed by atoms with Crippen LogP contribution in [0.15, 0.2) is 0 Å². The predicted octanol–water partition coefficient (Wildman–Crippen LogP) is 2.81. The van der Waals surface area contributed by atoms with Gasteiger partial charge in [-0.3, -0.25) is 0 Å². The lowest BCUT2D eigenvalue weighted by Gasteiger charge is -2.33. The molecule has 92 valence electrons. The van der Waals surface area contributed by atoms with Crippen molar-refractivity contribution in [3.8, 4) is 0 Å². The lowest BCUT2D eigenvalue weighted by atomic mass is 9.84. The lowest BCUT2D eigenvalue weighted by Crippen LogP contribution is -2.43. The predicted molar refractivity (Wildman–Crippen MR) is 67.0 cm³/mol. The molecule has 0 bridgehead atoms. The number of aliphatic hydroxyl groups excluding tert-OH is 1. The fourth-order valence-electron chi connectivity index (χ4n) is 1.61. The topological polar surface area (TPSA) is 32.3 Å². The van der Waals surface area contributed by atoms with Crippen LogP contribution in [0.4, 0.5) is 0 Å². The molecule has 0 heterocycles. The first-order chi connectivity index (χ1) is 6.54. The van der Waals surface area contributed by atoms with E-state index in [1.165, 1.54) is 0 Å². The van der Waals surface area contributed by atoms with Crippen molar-refractivity contribution >= 4 is 0 Å². The van der Waals surface area contributed by atoms with Crippen LogP contribution in [0.1, 0.15) is 54.9 Å². The molecular formula is C13H29NO. The van der Waals surface area contributed by atoms with Crippen LogP contribution in [0, 0.1) is 10.8 Å². The molecule has 0 aromatic heterocycles. The summed E-state index contributed by atoms with van der Waals surface area (Å²) in [6.45, 7) is 16.2. The summed E-state index contributed by atoms with van der Waals surface area (Å²) in [5.41, 5.74) is 0.453. The van der Waals surface area contributed by atoms with Gasteiger partial charge in [0.15, 0.2) is 0 Å². The van der Waals surface area contributed by atoms with Crippen molar-refractivity contribution in [3.63, 3.8) is 0 Å². The Hall–Kier alpha value is -0.0800. The number of nitrogens with one attached hydrogen (secondary N) is 1. The highest BCUT2D eigenvalue weighted by Gasteiger charge is 2.24. The van der Waals surface area contributed by atoms with Gasteiger partial charge < -0.3 is 10.4 Å². The molecule has 0 radical (unpaired) electrons. The Morgan fingerprint density at radius 1 is 1.07 bits per heavy atom. The first-order valence-electron chi connectivity index (χ1n) is 5.96. The van der Waals surface area contributed by atoms with Crippen molar-refractivity contribution in [1.82, 2.24) is 5.32 Å². The maximum atomic E-state index is 9.39. The standard InChI is InChI=1S/C13H29NO/c1-10(15)8-13(6,7)9-14-11(2)12(3,4)5/h10-11,14-15H,8-9H2,1-7H3. The van der Waals surface area contributed by atoms with Crippen molar-refractivity contribution in [2.24, 2.45) is 10.8 Å². The van der Waals surface area contributed by atoms with E-state index in [0.29, 0.717) is 11.5 Å². The zero-order valence-corrected chi connectivity index (χ0v) is 11.5. The molecule has 2 nitrogen and oxygen atoms in total. The van der Waals surface area contributed by atoms with Crippen LogP contribution in [-0.4, -0.2) is 23.8 Å². The molecule has 0 saturated carbocycles. The second-order valence-electron chi connectivity index (χ2n) is 6.69. The maximum Gasteiger partial charge on any atom is 0.0517 e. The van der Waals surface area contributed by atoms with Crippen molar-refractivity contribution < 1.29 is 5.11 Å². The van der Waals surface area contributed by atoms with Crippen LogP contribution >= 0.6 is 0 Å². The minimum absolute atomic E-state index is 0.160. The zero-order valence-electron chi connectivity index (χ0n) is 11.5. The normalized spacial score (nSPS) is 17.6. The molecule has 0 aliphatic heterocycles. The third-order valence-electron chi connectivity index (χ3n) is 3.03. The van der Waals surface area contributed by atoms with Gasteiger partial charge in [0, 0.05) is 12.6 Å². The molecule has 0 aromatic rings. The summed E-state index contributed by atoms with van der Waals surface area (Å²) in [7, 11) is 0. The van der Waals surface area contributed by atoms with Crippen molar-refractivity contribution in [2.75, 3.05) is 6.54 Å². The van der Waals surface area contributed by atoms with Gasteiger partial charge in [-0.1, -0.05) is 34.6 Å². The summed E-state index contributed by atoms with van der Waals surface area (Å²) >= 11 is 0. The van der Waals surface area contributed by atoms with E-state index in [4.69, 9.17) is 0 Å². The average molecular weight is 215 g/mol. The number of hydrogen-bond acceptors (Lipinski definition) is 2. The summed E-state index contributed by atoms with van der Waals surface area (Å²) in [4.78, 5) is 0. The summed E-state index contributed by atoms with van der Waals surface area (Å²) in [6, 6.07) is 0.491. The monoisotopic (exact) mass is 215 g/mol. The Balaban J connectivity index is 4.04. The van der Waals surface area contributed by atoms with Crippen molar-refractivity contribution in [2.45, 2.75) is 67.0 Å². The Morgan fingerprint density at radius 2 is 1.53 bits per heavy atom. The van der Waals surface area contributed by atoms with Crippen LogP contribution in [0.2, 0.25) is 0 Å². The first kappa shape index (κ1) is 14.9. The number of aliphatic hydroxyl groups is 1. The van der Waals surface area contributed by atoms with Gasteiger partial charge in [-0.25, -0.2) is 0 Å². The maximum absolute atomic E-state index is 9.39. The Labute approximate surface area is 95.5 Å². The van der Waals surface area contributed by atoms with E-state index in [0.717, 1.165) is 13.0 Å². The first-order valence-corrected chi connectivity index (χ1v) is 5.96. The van der Waals surface area contributed by atoms with Gasteiger partial charge in [-0.2, -0.15) is 0 Å². The molecule has 2 heteroatoms. The molecule has 2 N–H and O–H groups in total. The third kappa shape index (κ3) is 6.91. The summed E-state index contributed by atoms with van der Waals surface area (Å²) in [5.74, 6) is 0.